The molecule has 0 radical (unpaired) electrons. The molecule has 2 aromatic carbocycles. The number of amides is 1. The summed E-state index contributed by atoms with van der Waals surface area (Å²) in [6.07, 6.45) is -0.141. The van der Waals surface area contributed by atoms with Crippen LogP contribution in [-0.2, 0) is 17.0 Å². The van der Waals surface area contributed by atoms with Crippen molar-refractivity contribution in [3.05, 3.63) is 75.5 Å². The van der Waals surface area contributed by atoms with Gasteiger partial charge >= 0.3 is 0 Å². The van der Waals surface area contributed by atoms with Crippen LogP contribution in [0.5, 0.6) is 11.5 Å². The summed E-state index contributed by atoms with van der Waals surface area (Å²) in [5.41, 5.74) is 1.73. The highest BCUT2D eigenvalue weighted by molar-refractivity contribution is 7.98. The summed E-state index contributed by atoms with van der Waals surface area (Å²) in [6.45, 7) is 1.69. The first-order valence-corrected chi connectivity index (χ1v) is 10.4. The van der Waals surface area contributed by atoms with Crippen molar-refractivity contribution < 1.29 is 18.7 Å². The van der Waals surface area contributed by atoms with Gasteiger partial charge in [0.05, 0.1) is 26.3 Å². The Balaban J connectivity index is 1.70. The number of rotatable bonds is 8. The molecule has 0 aliphatic heterocycles. The van der Waals surface area contributed by atoms with Crippen LogP contribution in [0.2, 0.25) is 0 Å². The molecule has 31 heavy (non-hydrogen) atoms. The molecular formula is C22H22FN3O4S. The normalized spacial score (nSPS) is 10.6. The summed E-state index contributed by atoms with van der Waals surface area (Å²) in [7, 11) is 3.02. The molecule has 0 fully saturated rings. The third-order valence-electron chi connectivity index (χ3n) is 4.51. The standard InChI is InChI=1S/C22H22FN3O4S/c1-13-17(11-20(27)25-18-10-16(29-2)8-9-19(18)30-3)21(28)26-22(24-13)31-12-14-4-6-15(23)7-5-14/h4-10H,11-12H2,1-3H3,(H,25,27)(H,24,26,28). The van der Waals surface area contributed by atoms with E-state index >= 15 is 0 Å². The first kappa shape index (κ1) is 22.4. The van der Waals surface area contributed by atoms with Gasteiger partial charge in [0.15, 0.2) is 5.16 Å². The Morgan fingerprint density at radius 1 is 1.16 bits per heavy atom. The lowest BCUT2D eigenvalue weighted by Crippen LogP contribution is -2.24. The molecule has 7 nitrogen and oxygen atoms in total. The van der Waals surface area contributed by atoms with Gasteiger partial charge in [-0.2, -0.15) is 0 Å². The van der Waals surface area contributed by atoms with Crippen LogP contribution in [0.1, 0.15) is 16.8 Å². The Labute approximate surface area is 183 Å². The third kappa shape index (κ3) is 5.85. The number of benzene rings is 2. The largest absolute Gasteiger partial charge is 0.497 e. The highest BCUT2D eigenvalue weighted by atomic mass is 32.2. The van der Waals surface area contributed by atoms with E-state index in [1.807, 2.05) is 0 Å². The maximum absolute atomic E-state index is 13.0. The number of carbonyl (C=O) groups is 1. The molecule has 1 heterocycles. The zero-order chi connectivity index (χ0) is 22.4. The van der Waals surface area contributed by atoms with Crippen molar-refractivity contribution in [3.8, 4) is 11.5 Å². The topological polar surface area (TPSA) is 93.3 Å². The van der Waals surface area contributed by atoms with Crippen LogP contribution in [0.25, 0.3) is 0 Å². The number of thioether (sulfide) groups is 1. The first-order chi connectivity index (χ1) is 14.9. The second-order valence-electron chi connectivity index (χ2n) is 6.64. The zero-order valence-corrected chi connectivity index (χ0v) is 18.1. The summed E-state index contributed by atoms with van der Waals surface area (Å²) >= 11 is 1.33. The van der Waals surface area contributed by atoms with Crippen molar-refractivity contribution in [2.45, 2.75) is 24.3 Å². The molecule has 0 unspecified atom stereocenters. The van der Waals surface area contributed by atoms with Crippen LogP contribution in [0, 0.1) is 12.7 Å². The predicted molar refractivity (Wildman–Crippen MR) is 117 cm³/mol. The molecule has 9 heteroatoms. The number of hydrogen-bond donors (Lipinski definition) is 2. The molecular weight excluding hydrogens is 421 g/mol. The third-order valence-corrected chi connectivity index (χ3v) is 5.45. The summed E-state index contributed by atoms with van der Waals surface area (Å²) < 4.78 is 23.4. The maximum Gasteiger partial charge on any atom is 0.255 e. The fourth-order valence-corrected chi connectivity index (χ4v) is 3.72. The first-order valence-electron chi connectivity index (χ1n) is 9.38. The van der Waals surface area contributed by atoms with E-state index in [0.717, 1.165) is 5.56 Å². The lowest BCUT2D eigenvalue weighted by atomic mass is 10.1. The predicted octanol–water partition coefficient (Wildman–Crippen LogP) is 3.71. The van der Waals surface area contributed by atoms with E-state index in [2.05, 4.69) is 15.3 Å². The van der Waals surface area contributed by atoms with Crippen LogP contribution in [0.4, 0.5) is 10.1 Å². The van der Waals surface area contributed by atoms with Gasteiger partial charge in [-0.1, -0.05) is 23.9 Å². The van der Waals surface area contributed by atoms with Gasteiger partial charge in [-0.15, -0.1) is 0 Å². The van der Waals surface area contributed by atoms with Crippen LogP contribution < -0.4 is 20.3 Å². The number of aryl methyl sites for hydroxylation is 1. The average molecular weight is 444 g/mol. The van der Waals surface area contributed by atoms with Crippen molar-refractivity contribution in [3.63, 3.8) is 0 Å². The number of nitrogens with zero attached hydrogens (tertiary/aromatic N) is 1. The Bertz CT molecular complexity index is 1130. The van der Waals surface area contributed by atoms with Crippen molar-refractivity contribution in [1.82, 2.24) is 9.97 Å². The maximum atomic E-state index is 13.0. The van der Waals surface area contributed by atoms with Crippen molar-refractivity contribution in [2.75, 3.05) is 19.5 Å². The van der Waals surface area contributed by atoms with Gasteiger partial charge in [0.2, 0.25) is 5.91 Å². The van der Waals surface area contributed by atoms with E-state index < -0.39 is 0 Å². The minimum absolute atomic E-state index is 0.141. The van der Waals surface area contributed by atoms with E-state index in [1.165, 1.54) is 38.1 Å². The molecule has 0 spiro atoms. The van der Waals surface area contributed by atoms with Crippen LogP contribution in [-0.4, -0.2) is 30.1 Å². The number of aromatic nitrogens is 2. The smallest absolute Gasteiger partial charge is 0.255 e. The van der Waals surface area contributed by atoms with Crippen LogP contribution >= 0.6 is 11.8 Å². The number of H-pyrrole nitrogens is 1. The number of nitrogens with one attached hydrogen (secondary N) is 2. The fraction of sp³-hybridized carbons (Fsp3) is 0.227. The Morgan fingerprint density at radius 3 is 2.55 bits per heavy atom. The lowest BCUT2D eigenvalue weighted by Gasteiger charge is -2.12. The lowest BCUT2D eigenvalue weighted by molar-refractivity contribution is -0.115. The van der Waals surface area contributed by atoms with Gasteiger partial charge in [0, 0.05) is 23.1 Å². The molecule has 0 saturated heterocycles. The zero-order valence-electron chi connectivity index (χ0n) is 17.3. The van der Waals surface area contributed by atoms with Crippen molar-refractivity contribution in [1.29, 1.82) is 0 Å². The van der Waals surface area contributed by atoms with E-state index in [9.17, 15) is 14.0 Å². The summed E-state index contributed by atoms with van der Waals surface area (Å²) in [4.78, 5) is 32.2. The number of methoxy groups -OCH3 is 2. The minimum Gasteiger partial charge on any atom is -0.497 e. The SMILES string of the molecule is COc1ccc(OC)c(NC(=O)Cc2c(C)nc(SCc3ccc(F)cc3)[nH]c2=O)c1. The number of ether oxygens (including phenoxy) is 2. The number of anilines is 1. The summed E-state index contributed by atoms with van der Waals surface area (Å²) in [6, 6.07) is 11.2. The van der Waals surface area contributed by atoms with E-state index in [1.54, 1.807) is 37.3 Å². The second-order valence-corrected chi connectivity index (χ2v) is 7.61. The molecule has 1 aromatic heterocycles. The minimum atomic E-state index is -0.381. The average Bonchev–Trinajstić information content (AvgIpc) is 2.75. The van der Waals surface area contributed by atoms with Crippen molar-refractivity contribution >= 4 is 23.4 Å². The molecule has 3 rings (SSSR count). The molecule has 0 saturated carbocycles. The second kappa shape index (κ2) is 10.1. The fourth-order valence-electron chi connectivity index (χ4n) is 2.86. The Hall–Kier alpha value is -3.33. The molecule has 162 valence electrons. The molecule has 0 bridgehead atoms. The number of carbonyl (C=O) groups excluding carboxylic acids is 1. The van der Waals surface area contributed by atoms with Gasteiger partial charge in [0.1, 0.15) is 17.3 Å². The molecule has 0 aliphatic rings. The van der Waals surface area contributed by atoms with E-state index in [4.69, 9.17) is 9.47 Å². The van der Waals surface area contributed by atoms with E-state index in [0.29, 0.717) is 33.8 Å². The Morgan fingerprint density at radius 2 is 1.90 bits per heavy atom. The van der Waals surface area contributed by atoms with Crippen LogP contribution in [0.3, 0.4) is 0 Å². The van der Waals surface area contributed by atoms with Gasteiger partial charge < -0.3 is 19.8 Å². The van der Waals surface area contributed by atoms with Gasteiger partial charge in [0.25, 0.3) is 5.56 Å². The monoisotopic (exact) mass is 443 g/mol. The summed E-state index contributed by atoms with van der Waals surface area (Å²) in [5.74, 6) is 0.886. The molecule has 3 aromatic rings. The molecule has 0 atom stereocenters. The summed E-state index contributed by atoms with van der Waals surface area (Å²) in [5, 5.41) is 3.18. The van der Waals surface area contributed by atoms with Gasteiger partial charge in [-0.05, 0) is 36.8 Å². The quantitative estimate of drug-likeness (QED) is 0.407. The number of aromatic amines is 1. The molecule has 2 N–H and O–H groups in total. The van der Waals surface area contributed by atoms with Gasteiger partial charge in [-0.25, -0.2) is 9.37 Å². The highest BCUT2D eigenvalue weighted by Crippen LogP contribution is 2.29. The molecule has 0 aliphatic carbocycles. The van der Waals surface area contributed by atoms with Gasteiger partial charge in [-0.3, -0.25) is 9.59 Å². The highest BCUT2D eigenvalue weighted by Gasteiger charge is 2.15. The van der Waals surface area contributed by atoms with E-state index in [-0.39, 0.29) is 29.3 Å². The Kier molecular flexibility index (Phi) is 7.30. The number of halogens is 1. The van der Waals surface area contributed by atoms with Crippen LogP contribution in [0.15, 0.2) is 52.4 Å². The molecule has 1 amide bonds. The van der Waals surface area contributed by atoms with Crippen molar-refractivity contribution in [2.24, 2.45) is 0 Å². The number of hydrogen-bond acceptors (Lipinski definition) is 6.